The van der Waals surface area contributed by atoms with E-state index in [-0.39, 0.29) is 11.7 Å². The Kier molecular flexibility index (Phi) is 5.04. The molecule has 1 unspecified atom stereocenters. The quantitative estimate of drug-likeness (QED) is 0.418. The maximum atomic E-state index is 13.0. The fourth-order valence-electron chi connectivity index (χ4n) is 4.65. The zero-order valence-corrected chi connectivity index (χ0v) is 18.9. The molecule has 0 spiro atoms. The number of methoxy groups -OCH3 is 1. The Morgan fingerprint density at radius 2 is 1.88 bits per heavy atom. The second-order valence-electron chi connectivity index (χ2n) is 8.91. The van der Waals surface area contributed by atoms with E-state index in [4.69, 9.17) is 9.72 Å². The van der Waals surface area contributed by atoms with Crippen molar-refractivity contribution in [3.05, 3.63) is 82.8 Å². The molecule has 1 aliphatic rings. The summed E-state index contributed by atoms with van der Waals surface area (Å²) in [4.78, 5) is 18.0. The first-order chi connectivity index (χ1) is 15.4. The minimum absolute atomic E-state index is 0.134. The Morgan fingerprint density at radius 1 is 1.09 bits per heavy atom. The van der Waals surface area contributed by atoms with Crippen molar-refractivity contribution in [3.8, 4) is 16.9 Å². The van der Waals surface area contributed by atoms with Crippen LogP contribution >= 0.6 is 0 Å². The highest BCUT2D eigenvalue weighted by atomic mass is 16.5. The van der Waals surface area contributed by atoms with Gasteiger partial charge in [0.05, 0.1) is 24.1 Å². The zero-order valence-electron chi connectivity index (χ0n) is 18.9. The van der Waals surface area contributed by atoms with Crippen molar-refractivity contribution in [1.82, 2.24) is 14.6 Å². The average Bonchev–Trinajstić information content (AvgIpc) is 3.12. The molecule has 1 atom stereocenters. The molecule has 0 radical (unpaired) electrons. The molecular formula is C27H27N3O2. The highest BCUT2D eigenvalue weighted by molar-refractivity contribution is 5.99. The first kappa shape index (κ1) is 20.4. The summed E-state index contributed by atoms with van der Waals surface area (Å²) in [6.45, 7) is 6.36. The van der Waals surface area contributed by atoms with E-state index >= 15 is 0 Å². The van der Waals surface area contributed by atoms with Gasteiger partial charge in [0.25, 0.3) is 0 Å². The number of aromatic nitrogens is 3. The molecule has 5 heteroatoms. The van der Waals surface area contributed by atoms with E-state index in [2.05, 4.69) is 43.2 Å². The monoisotopic (exact) mass is 425 g/mol. The van der Waals surface area contributed by atoms with Crippen LogP contribution < -0.4 is 4.74 Å². The van der Waals surface area contributed by atoms with Gasteiger partial charge in [0.2, 0.25) is 0 Å². The molecule has 4 aromatic rings. The van der Waals surface area contributed by atoms with E-state index in [1.54, 1.807) is 11.6 Å². The zero-order chi connectivity index (χ0) is 22.4. The Morgan fingerprint density at radius 3 is 2.59 bits per heavy atom. The number of ether oxygens (including phenoxy) is 1. The number of ketones is 1. The number of aryl methyl sites for hydroxylation is 1. The number of fused-ring (bicyclic) bond motifs is 2. The predicted molar refractivity (Wildman–Crippen MR) is 126 cm³/mol. The van der Waals surface area contributed by atoms with Crippen LogP contribution in [0.3, 0.4) is 0 Å². The standard InChI is InChI=1S/C27H27N3O2/c1-16(2)18-8-10-19(11-9-18)21-13-24-23(25(31)14-21)15-30-27(28-24)26(17(3)29-30)20-6-5-7-22(12-20)32-4/h5-12,15-16,21H,13-14H2,1-4H3. The van der Waals surface area contributed by atoms with Gasteiger partial charge in [-0.3, -0.25) is 4.79 Å². The molecule has 0 amide bonds. The summed E-state index contributed by atoms with van der Waals surface area (Å²) in [5.74, 6) is 1.57. The number of benzene rings is 2. The van der Waals surface area contributed by atoms with Gasteiger partial charge in [-0.05, 0) is 54.0 Å². The Hall–Kier alpha value is -3.47. The number of nitrogens with zero attached hydrogens (tertiary/aromatic N) is 3. The third-order valence-corrected chi connectivity index (χ3v) is 6.47. The fourth-order valence-corrected chi connectivity index (χ4v) is 4.65. The van der Waals surface area contributed by atoms with Gasteiger partial charge in [-0.1, -0.05) is 50.2 Å². The lowest BCUT2D eigenvalue weighted by atomic mass is 9.81. The summed E-state index contributed by atoms with van der Waals surface area (Å²) in [7, 11) is 1.66. The normalized spacial score (nSPS) is 15.9. The molecule has 162 valence electrons. The van der Waals surface area contributed by atoms with E-state index < -0.39 is 0 Å². The third kappa shape index (κ3) is 3.48. The van der Waals surface area contributed by atoms with Crippen LogP contribution in [0.5, 0.6) is 5.75 Å². The topological polar surface area (TPSA) is 56.5 Å². The lowest BCUT2D eigenvalue weighted by Gasteiger charge is -2.23. The van der Waals surface area contributed by atoms with Gasteiger partial charge in [-0.2, -0.15) is 5.10 Å². The van der Waals surface area contributed by atoms with Crippen molar-refractivity contribution in [3.63, 3.8) is 0 Å². The summed E-state index contributed by atoms with van der Waals surface area (Å²) in [5.41, 5.74) is 7.69. The summed E-state index contributed by atoms with van der Waals surface area (Å²) in [6.07, 6.45) is 3.11. The third-order valence-electron chi connectivity index (χ3n) is 6.47. The van der Waals surface area contributed by atoms with Crippen LogP contribution in [0.2, 0.25) is 0 Å². The summed E-state index contributed by atoms with van der Waals surface area (Å²) < 4.78 is 7.15. The fraction of sp³-hybridized carbons (Fsp3) is 0.296. The molecule has 0 N–H and O–H groups in total. The van der Waals surface area contributed by atoms with E-state index in [0.717, 1.165) is 40.3 Å². The number of carbonyl (C=O) groups is 1. The van der Waals surface area contributed by atoms with E-state index in [1.165, 1.54) is 11.1 Å². The molecule has 5 rings (SSSR count). The molecule has 0 saturated heterocycles. The Balaban J connectivity index is 1.57. The molecule has 2 aromatic heterocycles. The first-order valence-corrected chi connectivity index (χ1v) is 11.1. The minimum Gasteiger partial charge on any atom is -0.497 e. The van der Waals surface area contributed by atoms with Crippen molar-refractivity contribution >= 4 is 11.4 Å². The Labute approximate surface area is 188 Å². The predicted octanol–water partition coefficient (Wildman–Crippen LogP) is 5.75. The van der Waals surface area contributed by atoms with Gasteiger partial charge in [0.1, 0.15) is 5.75 Å². The molecule has 1 aliphatic carbocycles. The number of hydrogen-bond donors (Lipinski definition) is 0. The van der Waals surface area contributed by atoms with Gasteiger partial charge >= 0.3 is 0 Å². The smallest absolute Gasteiger partial charge is 0.166 e. The van der Waals surface area contributed by atoms with Gasteiger partial charge in [-0.25, -0.2) is 9.50 Å². The van der Waals surface area contributed by atoms with Gasteiger partial charge < -0.3 is 4.74 Å². The second-order valence-corrected chi connectivity index (χ2v) is 8.91. The molecular weight excluding hydrogens is 398 g/mol. The van der Waals surface area contributed by atoms with E-state index in [9.17, 15) is 4.79 Å². The van der Waals surface area contributed by atoms with Crippen LogP contribution in [0, 0.1) is 6.92 Å². The van der Waals surface area contributed by atoms with Crippen molar-refractivity contribution in [2.75, 3.05) is 7.11 Å². The summed E-state index contributed by atoms with van der Waals surface area (Å²) in [6, 6.07) is 16.6. The van der Waals surface area contributed by atoms with Crippen LogP contribution in [0.1, 0.15) is 65.0 Å². The largest absolute Gasteiger partial charge is 0.497 e. The number of hydrogen-bond acceptors (Lipinski definition) is 4. The molecule has 0 aliphatic heterocycles. The number of rotatable bonds is 4. The average molecular weight is 426 g/mol. The van der Waals surface area contributed by atoms with Gasteiger partial charge in [0.15, 0.2) is 11.4 Å². The van der Waals surface area contributed by atoms with Gasteiger partial charge in [0, 0.05) is 18.2 Å². The number of carbonyl (C=O) groups excluding carboxylic acids is 1. The number of Topliss-reactive ketones (excluding diaryl/α,β-unsaturated/α-hetero) is 1. The maximum absolute atomic E-state index is 13.0. The van der Waals surface area contributed by atoms with Crippen LogP contribution in [0.25, 0.3) is 16.8 Å². The summed E-state index contributed by atoms with van der Waals surface area (Å²) >= 11 is 0. The van der Waals surface area contributed by atoms with Crippen LogP contribution in [0.4, 0.5) is 0 Å². The summed E-state index contributed by atoms with van der Waals surface area (Å²) in [5, 5.41) is 4.65. The maximum Gasteiger partial charge on any atom is 0.166 e. The molecule has 2 heterocycles. The molecule has 0 fully saturated rings. The molecule has 32 heavy (non-hydrogen) atoms. The Bertz CT molecular complexity index is 1320. The minimum atomic E-state index is 0.134. The first-order valence-electron chi connectivity index (χ1n) is 11.1. The highest BCUT2D eigenvalue weighted by Crippen LogP contribution is 2.35. The van der Waals surface area contributed by atoms with Gasteiger partial charge in [-0.15, -0.1) is 0 Å². The molecule has 0 bridgehead atoms. The van der Waals surface area contributed by atoms with E-state index in [0.29, 0.717) is 17.9 Å². The molecule has 5 nitrogen and oxygen atoms in total. The van der Waals surface area contributed by atoms with Crippen molar-refractivity contribution < 1.29 is 9.53 Å². The van der Waals surface area contributed by atoms with Crippen LogP contribution in [-0.2, 0) is 6.42 Å². The van der Waals surface area contributed by atoms with Crippen molar-refractivity contribution in [1.29, 1.82) is 0 Å². The highest BCUT2D eigenvalue weighted by Gasteiger charge is 2.29. The lowest BCUT2D eigenvalue weighted by molar-refractivity contribution is 0.0962. The van der Waals surface area contributed by atoms with Crippen molar-refractivity contribution in [2.45, 2.75) is 45.4 Å². The lowest BCUT2D eigenvalue weighted by Crippen LogP contribution is -2.21. The van der Waals surface area contributed by atoms with Crippen LogP contribution in [-0.4, -0.2) is 27.5 Å². The SMILES string of the molecule is COc1cccc(-c2c(C)nn3cc4c(nc23)CC(c2ccc(C(C)C)cc2)CC4=O)c1. The molecule has 0 saturated carbocycles. The van der Waals surface area contributed by atoms with E-state index in [1.807, 2.05) is 37.4 Å². The second kappa shape index (κ2) is 7.90. The van der Waals surface area contributed by atoms with Crippen LogP contribution in [0.15, 0.2) is 54.7 Å². The molecule has 2 aromatic carbocycles. The van der Waals surface area contributed by atoms with Crippen molar-refractivity contribution in [2.24, 2.45) is 0 Å².